The second-order valence-electron chi connectivity index (χ2n) is 14.3. The molecule has 0 saturated carbocycles. The van der Waals surface area contributed by atoms with Crippen molar-refractivity contribution in [3.05, 3.63) is 144 Å². The first-order valence-electron chi connectivity index (χ1n) is 18.7. The number of rotatable bonds is 8. The number of fused-ring (bicyclic) bond motifs is 8. The van der Waals surface area contributed by atoms with Gasteiger partial charge >= 0.3 is 17.1 Å². The van der Waals surface area contributed by atoms with E-state index in [9.17, 15) is 53.3 Å². The van der Waals surface area contributed by atoms with E-state index < -0.39 is 51.8 Å². The zero-order valence-corrected chi connectivity index (χ0v) is 37.0. The molecule has 2 aliphatic heterocycles. The Balaban J connectivity index is 0.00000576. The normalized spacial score (nSPS) is 13.4. The topological polar surface area (TPSA) is 284 Å². The first kappa shape index (κ1) is 45.8. The Morgan fingerprint density at radius 3 is 0.815 bits per heavy atom. The van der Waals surface area contributed by atoms with Crippen LogP contribution in [0.4, 0.5) is 0 Å². The van der Waals surface area contributed by atoms with Gasteiger partial charge in [-0.25, -0.2) is 9.97 Å². The smallest absolute Gasteiger partial charge is 0.657 e. The fraction of sp³-hybridized carbons (Fsp3) is 0. The fourth-order valence-electron chi connectivity index (χ4n) is 7.81. The molecule has 7 aromatic rings. The van der Waals surface area contributed by atoms with Gasteiger partial charge in [-0.2, -0.15) is 16.8 Å². The molecule has 0 unspecified atom stereocenters. The molecule has 0 spiro atoms. The van der Waals surface area contributed by atoms with Crippen molar-refractivity contribution in [1.29, 1.82) is 0 Å². The minimum absolute atomic E-state index is 0. The van der Waals surface area contributed by atoms with Crippen molar-refractivity contribution in [3.8, 4) is 44.5 Å². The molecule has 8 N–H and O–H groups in total. The molecule has 0 amide bonds. The molecule has 0 saturated heterocycles. The molecule has 5 heterocycles. The predicted molar refractivity (Wildman–Crippen MR) is 246 cm³/mol. The Morgan fingerprint density at radius 2 is 0.569 bits per heavy atom. The molecule has 0 atom stereocenters. The van der Waals surface area contributed by atoms with Gasteiger partial charge in [0.1, 0.15) is 31.5 Å². The van der Waals surface area contributed by atoms with Gasteiger partial charge in [-0.3, -0.25) is 9.11 Å². The van der Waals surface area contributed by atoms with Crippen LogP contribution in [0.1, 0.15) is 22.8 Å². The molecular weight excluding hydrogens is 968 g/mol. The van der Waals surface area contributed by atoms with Crippen molar-refractivity contribution in [2.75, 3.05) is 0 Å². The van der Waals surface area contributed by atoms with Crippen molar-refractivity contribution in [2.45, 2.75) is 19.6 Å². The average Bonchev–Trinajstić information content (AvgIpc) is 4.08. The number of benzene rings is 4. The van der Waals surface area contributed by atoms with E-state index in [1.165, 1.54) is 109 Å². The molecule has 0 aliphatic carbocycles. The Morgan fingerprint density at radius 1 is 0.338 bits per heavy atom. The summed E-state index contributed by atoms with van der Waals surface area (Å²) < 4.78 is 137. The van der Waals surface area contributed by atoms with Gasteiger partial charge in [-0.05, 0) is 70.8 Å². The van der Waals surface area contributed by atoms with Crippen LogP contribution >= 0.6 is 21.7 Å². The summed E-state index contributed by atoms with van der Waals surface area (Å²) in [6, 6.07) is 29.1. The molecule has 2 aliphatic rings. The van der Waals surface area contributed by atoms with Gasteiger partial charge < -0.3 is 37.3 Å². The third kappa shape index (κ3) is 8.63. The molecule has 65 heavy (non-hydrogen) atoms. The van der Waals surface area contributed by atoms with Crippen molar-refractivity contribution in [3.63, 3.8) is 0 Å². The molecule has 0 fully saturated rings. The van der Waals surface area contributed by atoms with Crippen molar-refractivity contribution < 1.29 is 70.3 Å². The van der Waals surface area contributed by atoms with Crippen molar-refractivity contribution >= 4 is 88.3 Å². The molecule has 16 nitrogen and oxygen atoms in total. The molecule has 4 aromatic carbocycles. The number of aromatic nitrogens is 4. The summed E-state index contributed by atoms with van der Waals surface area (Å²) in [4.78, 5) is 18.2. The first-order chi connectivity index (χ1) is 30.3. The van der Waals surface area contributed by atoms with E-state index in [1.807, 2.05) is 0 Å². The summed E-state index contributed by atoms with van der Waals surface area (Å²) in [6.45, 7) is 0. The van der Waals surface area contributed by atoms with E-state index in [2.05, 4.69) is 0 Å². The van der Waals surface area contributed by atoms with Crippen LogP contribution in [0.25, 0.3) is 90.9 Å². The molecule has 3 aromatic heterocycles. The Kier molecular flexibility index (Phi) is 11.9. The SMILES string of the molecule is O=S(=O)(O)c1ccccc1-c1c2nc(c(-c3ccccc3S(O)(O)O)c3ccc([n-]3)c(-c3ccccc3S(O)(O)O)c3nc(c(-c4ccccc4S(=O)(=O)O)c4ccc1[n-]4)C=C3)C=C2.[Cu+2]. The largest absolute Gasteiger partial charge is 2.00 e. The quantitative estimate of drug-likeness (QED) is 0.0519. The third-order valence-electron chi connectivity index (χ3n) is 10.4. The summed E-state index contributed by atoms with van der Waals surface area (Å²) in [5, 5.41) is 0. The summed E-state index contributed by atoms with van der Waals surface area (Å²) in [5.74, 6) is 0. The van der Waals surface area contributed by atoms with E-state index >= 15 is 0 Å². The van der Waals surface area contributed by atoms with Crippen LogP contribution in [0.2, 0.25) is 0 Å². The third-order valence-corrected chi connectivity index (χ3v) is 14.1. The summed E-state index contributed by atoms with van der Waals surface area (Å²) in [7, 11) is -18.5. The van der Waals surface area contributed by atoms with Gasteiger partial charge in [0.2, 0.25) is 0 Å². The van der Waals surface area contributed by atoms with Crippen LogP contribution in [-0.4, -0.2) is 63.2 Å². The van der Waals surface area contributed by atoms with Gasteiger partial charge in [0.05, 0.1) is 32.6 Å². The van der Waals surface area contributed by atoms with E-state index in [0.717, 1.165) is 0 Å². The van der Waals surface area contributed by atoms with Gasteiger partial charge in [0.25, 0.3) is 20.2 Å². The van der Waals surface area contributed by atoms with Crippen molar-refractivity contribution in [2.24, 2.45) is 0 Å². The van der Waals surface area contributed by atoms with E-state index in [1.54, 1.807) is 36.4 Å². The van der Waals surface area contributed by atoms with Gasteiger partial charge in [0, 0.05) is 22.3 Å². The number of hydrogen-bond donors (Lipinski definition) is 8. The predicted octanol–water partition coefficient (Wildman–Crippen LogP) is 10.2. The van der Waals surface area contributed by atoms with E-state index in [4.69, 9.17) is 19.9 Å². The van der Waals surface area contributed by atoms with Gasteiger partial charge in [-0.15, -0.1) is 22.1 Å². The Hall–Kier alpha value is -5.72. The first-order valence-corrected chi connectivity index (χ1v) is 24.6. The average molecular weight is 1000 g/mol. The van der Waals surface area contributed by atoms with Crippen LogP contribution < -0.4 is 9.97 Å². The maximum absolute atomic E-state index is 12.9. The van der Waals surface area contributed by atoms with Crippen LogP contribution in [0, 0.1) is 0 Å². The molecule has 9 rings (SSSR count). The van der Waals surface area contributed by atoms with E-state index in [0.29, 0.717) is 0 Å². The summed E-state index contributed by atoms with van der Waals surface area (Å²) >= 11 is 0. The second-order valence-corrected chi connectivity index (χ2v) is 20.1. The maximum atomic E-state index is 12.9. The van der Waals surface area contributed by atoms with Crippen molar-refractivity contribution in [1.82, 2.24) is 19.9 Å². The fourth-order valence-corrected chi connectivity index (χ4v) is 10.7. The minimum atomic E-state index is -4.88. The van der Waals surface area contributed by atoms with Gasteiger partial charge in [-0.1, -0.05) is 97.1 Å². The van der Waals surface area contributed by atoms with E-state index in [-0.39, 0.29) is 116 Å². The summed E-state index contributed by atoms with van der Waals surface area (Å²) in [6.07, 6.45) is 6.15. The molecule has 8 bridgehead atoms. The van der Waals surface area contributed by atoms with Gasteiger partial charge in [0.15, 0.2) is 0 Å². The molecule has 1 radical (unpaired) electrons. The van der Waals surface area contributed by atoms with Crippen LogP contribution in [0.15, 0.2) is 141 Å². The molecule has 21 heteroatoms. The van der Waals surface area contributed by atoms with Crippen LogP contribution in [-0.2, 0) is 37.3 Å². The monoisotopic (exact) mass is 999 g/mol. The molecular formula is C44H32CuN4O12S4. The second kappa shape index (κ2) is 16.9. The minimum Gasteiger partial charge on any atom is -0.657 e. The number of hydrogen-bond acceptors (Lipinski definition) is 12. The number of nitrogens with zero attached hydrogens (tertiary/aromatic N) is 4. The zero-order valence-electron chi connectivity index (χ0n) is 32.8. The Bertz CT molecular complexity index is 3330. The summed E-state index contributed by atoms with van der Waals surface area (Å²) in [5.41, 5.74) is 1.53. The van der Waals surface area contributed by atoms with Crippen LogP contribution in [0.3, 0.4) is 0 Å². The maximum Gasteiger partial charge on any atom is 2.00 e. The standard InChI is InChI=1S/C44H32N4O12S4.Cu/c49-61(50,51)37-13-5-1-9-25(37)41-29-17-19-31(45-29)42(26-10-2-6-14-38(26)62(52,53)54)33-21-23-35(47-33)44(28-12-4-8-16-40(28)64(58,59)60)36-24-22-34(48-36)43(32-20-18-30(41)46-32)27-11-3-7-15-39(27)63(55,56)57;/h1-24,49-54H,(H,55,56,57)(H,58,59,60);/q-2;+2. The zero-order chi connectivity index (χ0) is 45.3. The Labute approximate surface area is 384 Å². The molecule has 335 valence electrons. The van der Waals surface area contributed by atoms with Crippen LogP contribution in [0.5, 0.6) is 0 Å².